The molecule has 2 heterocycles. The molecule has 3 rings (SSSR count). The first-order chi connectivity index (χ1) is 7.81. The van der Waals surface area contributed by atoms with Crippen molar-refractivity contribution in [3.8, 4) is 0 Å². The van der Waals surface area contributed by atoms with Crippen molar-refractivity contribution in [2.45, 2.75) is 18.8 Å². The average molecular weight is 232 g/mol. The van der Waals surface area contributed by atoms with Crippen LogP contribution in [-0.4, -0.2) is 9.97 Å². The Bertz CT molecular complexity index is 504. The number of nitrogens with zero attached hydrogens (tertiary/aromatic N) is 2. The molecule has 0 unspecified atom stereocenters. The van der Waals surface area contributed by atoms with Crippen molar-refractivity contribution in [2.75, 3.05) is 11.1 Å². The van der Waals surface area contributed by atoms with Crippen molar-refractivity contribution >= 4 is 28.0 Å². The van der Waals surface area contributed by atoms with E-state index in [0.29, 0.717) is 11.6 Å². The van der Waals surface area contributed by atoms with Crippen molar-refractivity contribution in [3.63, 3.8) is 0 Å². The summed E-state index contributed by atoms with van der Waals surface area (Å²) in [4.78, 5) is 8.70. The lowest BCUT2D eigenvalue weighted by Crippen LogP contribution is -1.94. The Morgan fingerprint density at radius 2 is 2.31 bits per heavy atom. The molecule has 4 nitrogen and oxygen atoms in total. The number of nitrogens with two attached hydrogens (primary N) is 1. The summed E-state index contributed by atoms with van der Waals surface area (Å²) in [7, 11) is 0. The smallest absolute Gasteiger partial charge is 0.188 e. The van der Waals surface area contributed by atoms with Gasteiger partial charge in [0.1, 0.15) is 5.82 Å². The topological polar surface area (TPSA) is 63.8 Å². The highest BCUT2D eigenvalue weighted by molar-refractivity contribution is 7.13. The van der Waals surface area contributed by atoms with Crippen molar-refractivity contribution < 1.29 is 0 Å². The van der Waals surface area contributed by atoms with Gasteiger partial charge in [0.15, 0.2) is 5.13 Å². The molecule has 0 aliphatic heterocycles. The molecule has 0 spiro atoms. The molecule has 82 valence electrons. The van der Waals surface area contributed by atoms with Crippen molar-refractivity contribution in [3.05, 3.63) is 29.4 Å². The summed E-state index contributed by atoms with van der Waals surface area (Å²) >= 11 is 1.62. The maximum atomic E-state index is 5.68. The highest BCUT2D eigenvalue weighted by atomic mass is 32.1. The van der Waals surface area contributed by atoms with Crippen LogP contribution in [0.15, 0.2) is 23.7 Å². The number of hydrogen-bond acceptors (Lipinski definition) is 5. The molecular weight excluding hydrogens is 220 g/mol. The zero-order valence-corrected chi connectivity index (χ0v) is 9.50. The van der Waals surface area contributed by atoms with Crippen LogP contribution in [0.3, 0.4) is 0 Å². The van der Waals surface area contributed by atoms with Gasteiger partial charge in [0.2, 0.25) is 0 Å². The van der Waals surface area contributed by atoms with Gasteiger partial charge in [-0.05, 0) is 18.9 Å². The predicted octanol–water partition coefficient (Wildman–Crippen LogP) is 2.74. The summed E-state index contributed by atoms with van der Waals surface area (Å²) in [6.45, 7) is 0. The van der Waals surface area contributed by atoms with Crippen LogP contribution < -0.4 is 11.1 Å². The zero-order chi connectivity index (χ0) is 11.0. The molecule has 0 radical (unpaired) electrons. The van der Waals surface area contributed by atoms with Crippen LogP contribution >= 0.6 is 11.3 Å². The Labute approximate surface area is 97.5 Å². The van der Waals surface area contributed by atoms with E-state index in [0.717, 1.165) is 10.9 Å². The number of thiazole rings is 1. The monoisotopic (exact) mass is 232 g/mol. The molecule has 0 atom stereocenters. The van der Waals surface area contributed by atoms with Gasteiger partial charge >= 0.3 is 0 Å². The Kier molecular flexibility index (Phi) is 2.25. The third-order valence-corrected chi connectivity index (χ3v) is 3.31. The van der Waals surface area contributed by atoms with E-state index in [1.54, 1.807) is 29.7 Å². The fourth-order valence-corrected chi connectivity index (χ4v) is 2.33. The van der Waals surface area contributed by atoms with E-state index in [1.807, 2.05) is 0 Å². The minimum Gasteiger partial charge on any atom is -0.399 e. The lowest BCUT2D eigenvalue weighted by Gasteiger charge is -2.01. The van der Waals surface area contributed by atoms with E-state index in [4.69, 9.17) is 5.73 Å². The third-order valence-electron chi connectivity index (χ3n) is 2.54. The standard InChI is InChI=1S/C11H12N4S/c12-8-3-4-13-10(5-8)15-11-14-9(6-16-11)7-1-2-7/h3-7H,1-2H2,(H3,12,13,14,15). The van der Waals surface area contributed by atoms with Gasteiger partial charge in [-0.1, -0.05) is 0 Å². The van der Waals surface area contributed by atoms with Crippen LogP contribution in [-0.2, 0) is 0 Å². The van der Waals surface area contributed by atoms with E-state index in [1.165, 1.54) is 18.5 Å². The molecule has 0 saturated heterocycles. The minimum absolute atomic E-state index is 0.695. The lowest BCUT2D eigenvalue weighted by atomic mass is 10.3. The number of anilines is 3. The van der Waals surface area contributed by atoms with E-state index in [9.17, 15) is 0 Å². The van der Waals surface area contributed by atoms with Gasteiger partial charge in [-0.15, -0.1) is 11.3 Å². The second-order valence-electron chi connectivity index (χ2n) is 3.95. The van der Waals surface area contributed by atoms with E-state index in [2.05, 4.69) is 20.7 Å². The Balaban J connectivity index is 1.77. The molecule has 0 amide bonds. The van der Waals surface area contributed by atoms with Crippen molar-refractivity contribution in [1.29, 1.82) is 0 Å². The summed E-state index contributed by atoms with van der Waals surface area (Å²) < 4.78 is 0. The van der Waals surface area contributed by atoms with E-state index >= 15 is 0 Å². The molecule has 2 aromatic heterocycles. The van der Waals surface area contributed by atoms with Gasteiger partial charge in [0.05, 0.1) is 5.69 Å². The zero-order valence-electron chi connectivity index (χ0n) is 8.68. The second kappa shape index (κ2) is 3.75. The number of rotatable bonds is 3. The molecule has 5 heteroatoms. The van der Waals surface area contributed by atoms with Gasteiger partial charge in [-0.2, -0.15) is 0 Å². The van der Waals surface area contributed by atoms with Gasteiger partial charge in [-0.3, -0.25) is 0 Å². The van der Waals surface area contributed by atoms with Crippen LogP contribution in [0.25, 0.3) is 0 Å². The van der Waals surface area contributed by atoms with Gasteiger partial charge in [0, 0.05) is 29.2 Å². The highest BCUT2D eigenvalue weighted by Crippen LogP contribution is 2.41. The molecule has 16 heavy (non-hydrogen) atoms. The highest BCUT2D eigenvalue weighted by Gasteiger charge is 2.26. The summed E-state index contributed by atoms with van der Waals surface area (Å²) in [5.41, 5.74) is 7.59. The summed E-state index contributed by atoms with van der Waals surface area (Å²) in [5, 5.41) is 6.17. The number of nitrogen functional groups attached to an aromatic ring is 1. The van der Waals surface area contributed by atoms with Gasteiger partial charge < -0.3 is 11.1 Å². The number of nitrogens with one attached hydrogen (secondary N) is 1. The maximum Gasteiger partial charge on any atom is 0.188 e. The Hall–Kier alpha value is -1.62. The average Bonchev–Trinajstić information content (AvgIpc) is 3.01. The van der Waals surface area contributed by atoms with Gasteiger partial charge in [0.25, 0.3) is 0 Å². The molecule has 3 N–H and O–H groups in total. The van der Waals surface area contributed by atoms with Gasteiger partial charge in [-0.25, -0.2) is 9.97 Å². The third kappa shape index (κ3) is 1.99. The SMILES string of the molecule is Nc1ccnc(Nc2nc(C3CC3)cs2)c1. The van der Waals surface area contributed by atoms with Crippen LogP contribution in [0.4, 0.5) is 16.6 Å². The van der Waals surface area contributed by atoms with Crippen LogP contribution in [0, 0.1) is 0 Å². The van der Waals surface area contributed by atoms with E-state index in [-0.39, 0.29) is 0 Å². The molecule has 1 aliphatic rings. The van der Waals surface area contributed by atoms with Crippen molar-refractivity contribution in [1.82, 2.24) is 9.97 Å². The Morgan fingerprint density at radius 1 is 1.44 bits per heavy atom. The Morgan fingerprint density at radius 3 is 3.06 bits per heavy atom. The summed E-state index contributed by atoms with van der Waals surface area (Å²) in [6.07, 6.45) is 4.24. The number of pyridine rings is 1. The van der Waals surface area contributed by atoms with Crippen LogP contribution in [0.2, 0.25) is 0 Å². The lowest BCUT2D eigenvalue weighted by molar-refractivity contribution is 1.05. The first kappa shape index (κ1) is 9.59. The first-order valence-electron chi connectivity index (χ1n) is 5.25. The number of aromatic nitrogens is 2. The normalized spacial score (nSPS) is 15.0. The second-order valence-corrected chi connectivity index (χ2v) is 4.81. The molecule has 0 bridgehead atoms. The predicted molar refractivity (Wildman–Crippen MR) is 66.0 cm³/mol. The summed E-state index contributed by atoms with van der Waals surface area (Å²) in [5.74, 6) is 1.44. The van der Waals surface area contributed by atoms with E-state index < -0.39 is 0 Å². The molecule has 1 fully saturated rings. The largest absolute Gasteiger partial charge is 0.399 e. The van der Waals surface area contributed by atoms with Crippen LogP contribution in [0.1, 0.15) is 24.5 Å². The van der Waals surface area contributed by atoms with Crippen molar-refractivity contribution in [2.24, 2.45) is 0 Å². The molecule has 2 aromatic rings. The maximum absolute atomic E-state index is 5.68. The fourth-order valence-electron chi connectivity index (χ4n) is 1.53. The molecule has 1 aliphatic carbocycles. The quantitative estimate of drug-likeness (QED) is 0.854. The minimum atomic E-state index is 0.695. The summed E-state index contributed by atoms with van der Waals surface area (Å²) in [6, 6.07) is 3.57. The first-order valence-corrected chi connectivity index (χ1v) is 6.13. The molecule has 1 saturated carbocycles. The fraction of sp³-hybridized carbons (Fsp3) is 0.273. The molecule has 0 aromatic carbocycles. The molecular formula is C11H12N4S. The van der Waals surface area contributed by atoms with Crippen LogP contribution in [0.5, 0.6) is 0 Å². The number of hydrogen-bond donors (Lipinski definition) is 2.